The predicted octanol–water partition coefficient (Wildman–Crippen LogP) is 5.19. The fourth-order valence-corrected chi connectivity index (χ4v) is 5.16. The summed E-state index contributed by atoms with van der Waals surface area (Å²) in [6.07, 6.45) is 4.15. The summed E-state index contributed by atoms with van der Waals surface area (Å²) in [5.74, 6) is 0.248. The normalized spacial score (nSPS) is 26.4. The smallest absolute Gasteiger partial charge is 0.0937 e. The third-order valence-corrected chi connectivity index (χ3v) is 6.85. The van der Waals surface area contributed by atoms with Crippen molar-refractivity contribution in [3.05, 3.63) is 64.1 Å². The van der Waals surface area contributed by atoms with Gasteiger partial charge in [0, 0.05) is 54.4 Å². The van der Waals surface area contributed by atoms with Gasteiger partial charge in [0.25, 0.3) is 0 Å². The molecule has 0 radical (unpaired) electrons. The molecule has 1 heterocycles. The first kappa shape index (κ1) is 20.0. The zero-order chi connectivity index (χ0) is 19.6. The largest absolute Gasteiger partial charge is 0.385 e. The third kappa shape index (κ3) is 4.33. The van der Waals surface area contributed by atoms with Crippen molar-refractivity contribution >= 4 is 28.9 Å². The lowest BCUT2D eigenvalue weighted by Gasteiger charge is -2.44. The molecule has 0 bridgehead atoms. The van der Waals surface area contributed by atoms with Gasteiger partial charge in [-0.05, 0) is 48.7 Å². The van der Waals surface area contributed by atoms with E-state index in [1.54, 1.807) is 0 Å². The summed E-state index contributed by atoms with van der Waals surface area (Å²) in [5.41, 5.74) is 1.40. The van der Waals surface area contributed by atoms with E-state index in [1.165, 1.54) is 12.1 Å². The first-order valence-corrected chi connectivity index (χ1v) is 11.0. The quantitative estimate of drug-likeness (QED) is 0.739. The van der Waals surface area contributed by atoms with Gasteiger partial charge < -0.3 is 10.0 Å². The molecule has 4 rings (SSSR count). The van der Waals surface area contributed by atoms with Crippen LogP contribution in [0.4, 0.5) is 5.69 Å². The second-order valence-electron chi connectivity index (χ2n) is 8.14. The molecule has 1 aliphatic carbocycles. The van der Waals surface area contributed by atoms with E-state index in [4.69, 9.17) is 23.2 Å². The number of piperazine rings is 1. The summed E-state index contributed by atoms with van der Waals surface area (Å²) in [6, 6.07) is 15.9. The van der Waals surface area contributed by atoms with Crippen LogP contribution < -0.4 is 4.90 Å². The Labute approximate surface area is 177 Å². The molecular weight excluding hydrogens is 391 g/mol. The minimum atomic E-state index is -0.771. The van der Waals surface area contributed by atoms with Gasteiger partial charge in [-0.15, -0.1) is 0 Å². The van der Waals surface area contributed by atoms with Crippen molar-refractivity contribution in [1.29, 1.82) is 0 Å². The van der Waals surface area contributed by atoms with Crippen LogP contribution in [0, 0.1) is 5.92 Å². The van der Waals surface area contributed by atoms with Gasteiger partial charge in [0.05, 0.1) is 5.60 Å². The number of hydrogen-bond acceptors (Lipinski definition) is 3. The number of hydrogen-bond donors (Lipinski definition) is 1. The van der Waals surface area contributed by atoms with Crippen molar-refractivity contribution in [3.63, 3.8) is 0 Å². The van der Waals surface area contributed by atoms with Crippen molar-refractivity contribution < 1.29 is 5.11 Å². The summed E-state index contributed by atoms with van der Waals surface area (Å²) in [4.78, 5) is 4.90. The van der Waals surface area contributed by atoms with Crippen LogP contribution in [0.25, 0.3) is 0 Å². The van der Waals surface area contributed by atoms with Crippen molar-refractivity contribution in [1.82, 2.24) is 4.90 Å². The topological polar surface area (TPSA) is 26.7 Å². The number of halogens is 2. The van der Waals surface area contributed by atoms with Gasteiger partial charge >= 0.3 is 0 Å². The zero-order valence-corrected chi connectivity index (χ0v) is 17.7. The highest BCUT2D eigenvalue weighted by atomic mass is 35.5. The molecule has 28 heavy (non-hydrogen) atoms. The molecule has 0 aromatic heterocycles. The van der Waals surface area contributed by atoms with Crippen LogP contribution in [0.3, 0.4) is 0 Å². The molecule has 1 aliphatic heterocycles. The van der Waals surface area contributed by atoms with Gasteiger partial charge in [-0.3, -0.25) is 4.90 Å². The lowest BCUT2D eigenvalue weighted by atomic mass is 9.71. The Bertz CT molecular complexity index is 807. The van der Waals surface area contributed by atoms with Crippen LogP contribution in [0.15, 0.2) is 48.5 Å². The van der Waals surface area contributed by atoms with Crippen molar-refractivity contribution in [2.24, 2.45) is 5.92 Å². The van der Waals surface area contributed by atoms with E-state index in [1.807, 2.05) is 42.5 Å². The molecule has 1 saturated carbocycles. The number of benzene rings is 2. The predicted molar refractivity (Wildman–Crippen MR) is 117 cm³/mol. The van der Waals surface area contributed by atoms with Gasteiger partial charge in [0.2, 0.25) is 0 Å². The summed E-state index contributed by atoms with van der Waals surface area (Å²) in [5, 5.41) is 13.1. The molecule has 150 valence electrons. The van der Waals surface area contributed by atoms with Crippen LogP contribution in [0.5, 0.6) is 0 Å². The van der Waals surface area contributed by atoms with E-state index >= 15 is 0 Å². The second-order valence-corrected chi connectivity index (χ2v) is 9.02. The highest BCUT2D eigenvalue weighted by Gasteiger charge is 2.41. The monoisotopic (exact) mass is 418 g/mol. The van der Waals surface area contributed by atoms with E-state index < -0.39 is 5.60 Å². The molecule has 2 aromatic rings. The maximum absolute atomic E-state index is 11.6. The SMILES string of the molecule is OC1(c2cccc(Cl)c2)CCCCC1CN1CCN(c2cccc(Cl)c2)CC1. The van der Waals surface area contributed by atoms with Gasteiger partial charge in [-0.25, -0.2) is 0 Å². The van der Waals surface area contributed by atoms with E-state index in [-0.39, 0.29) is 5.92 Å². The van der Waals surface area contributed by atoms with E-state index in [2.05, 4.69) is 15.9 Å². The molecule has 3 nitrogen and oxygen atoms in total. The minimum Gasteiger partial charge on any atom is -0.385 e. The highest BCUT2D eigenvalue weighted by molar-refractivity contribution is 6.31. The fraction of sp³-hybridized carbons (Fsp3) is 0.478. The molecule has 2 atom stereocenters. The maximum Gasteiger partial charge on any atom is 0.0937 e. The van der Waals surface area contributed by atoms with Gasteiger partial charge in [0.1, 0.15) is 0 Å². The summed E-state index contributed by atoms with van der Waals surface area (Å²) in [7, 11) is 0. The van der Waals surface area contributed by atoms with Crippen molar-refractivity contribution in [3.8, 4) is 0 Å². The van der Waals surface area contributed by atoms with E-state index in [0.717, 1.165) is 62.6 Å². The van der Waals surface area contributed by atoms with E-state index in [0.29, 0.717) is 5.02 Å². The Kier molecular flexibility index (Phi) is 6.17. The number of aliphatic hydroxyl groups is 1. The number of rotatable bonds is 4. The minimum absolute atomic E-state index is 0.248. The third-order valence-electron chi connectivity index (χ3n) is 6.38. The fourth-order valence-electron chi connectivity index (χ4n) is 4.78. The Balaban J connectivity index is 1.42. The van der Waals surface area contributed by atoms with Crippen LogP contribution in [-0.4, -0.2) is 42.7 Å². The van der Waals surface area contributed by atoms with Crippen LogP contribution in [0.2, 0.25) is 10.0 Å². The Morgan fingerprint density at radius 1 is 0.929 bits per heavy atom. The van der Waals surface area contributed by atoms with Crippen LogP contribution in [0.1, 0.15) is 31.2 Å². The molecule has 2 unspecified atom stereocenters. The van der Waals surface area contributed by atoms with Crippen LogP contribution >= 0.6 is 23.2 Å². The zero-order valence-electron chi connectivity index (χ0n) is 16.2. The van der Waals surface area contributed by atoms with E-state index in [9.17, 15) is 5.11 Å². The van der Waals surface area contributed by atoms with Crippen LogP contribution in [-0.2, 0) is 5.60 Å². The van der Waals surface area contributed by atoms with Gasteiger partial charge in [-0.2, -0.15) is 0 Å². The second kappa shape index (κ2) is 8.62. The maximum atomic E-state index is 11.6. The molecule has 2 aliphatic rings. The number of nitrogens with zero attached hydrogens (tertiary/aromatic N) is 2. The Morgan fingerprint density at radius 3 is 2.36 bits per heavy atom. The lowest BCUT2D eigenvalue weighted by Crippen LogP contribution is -2.51. The molecule has 0 amide bonds. The molecule has 2 aromatic carbocycles. The first-order chi connectivity index (χ1) is 13.5. The molecule has 1 saturated heterocycles. The van der Waals surface area contributed by atoms with Crippen molar-refractivity contribution in [2.45, 2.75) is 31.3 Å². The molecule has 1 N–H and O–H groups in total. The standard InChI is InChI=1S/C23H28Cl2N2O/c24-20-7-3-6-18(15-20)23(28)10-2-1-5-19(23)17-26-11-13-27(14-12-26)22-9-4-8-21(25)16-22/h3-4,6-9,15-16,19,28H,1-2,5,10-14,17H2. The lowest BCUT2D eigenvalue weighted by molar-refractivity contribution is -0.0660. The number of anilines is 1. The molecular formula is C23H28Cl2N2O. The first-order valence-electron chi connectivity index (χ1n) is 10.3. The summed E-state index contributed by atoms with van der Waals surface area (Å²) in [6.45, 7) is 4.93. The summed E-state index contributed by atoms with van der Waals surface area (Å²) >= 11 is 12.4. The average molecular weight is 419 g/mol. The van der Waals surface area contributed by atoms with Crippen molar-refractivity contribution in [2.75, 3.05) is 37.6 Å². The molecule has 5 heteroatoms. The molecule has 0 spiro atoms. The van der Waals surface area contributed by atoms with Gasteiger partial charge in [-0.1, -0.05) is 54.2 Å². The summed E-state index contributed by atoms with van der Waals surface area (Å²) < 4.78 is 0. The Hall–Kier alpha value is -1.26. The highest BCUT2D eigenvalue weighted by Crippen LogP contribution is 2.42. The average Bonchev–Trinajstić information content (AvgIpc) is 2.70. The van der Waals surface area contributed by atoms with Gasteiger partial charge in [0.15, 0.2) is 0 Å². The molecule has 2 fully saturated rings. The Morgan fingerprint density at radius 2 is 1.64 bits per heavy atom.